The molecule has 0 fully saturated rings. The average molecular weight is 314 g/mol. The number of nitrogens with zero attached hydrogens (tertiary/aromatic N) is 1. The number of rotatable bonds is 6. The van der Waals surface area contributed by atoms with E-state index in [4.69, 9.17) is 0 Å². The highest BCUT2D eigenvalue weighted by molar-refractivity contribution is 7.98. The molecule has 1 aliphatic rings. The summed E-state index contributed by atoms with van der Waals surface area (Å²) < 4.78 is 26.8. The van der Waals surface area contributed by atoms with Crippen molar-refractivity contribution >= 4 is 27.5 Å². The lowest BCUT2D eigenvalue weighted by Gasteiger charge is -2.24. The molecule has 1 unspecified atom stereocenters. The Hall–Kier alpha value is -0.720. The SMILES string of the molecule is CSCCC(C)N(C)S(=O)(=O)c1ccc2c(c1)CCN2. The molecule has 1 atom stereocenters. The van der Waals surface area contributed by atoms with E-state index in [1.165, 1.54) is 4.31 Å². The Balaban J connectivity index is 2.21. The van der Waals surface area contributed by atoms with E-state index in [-0.39, 0.29) is 6.04 Å². The summed E-state index contributed by atoms with van der Waals surface area (Å²) in [4.78, 5) is 0.401. The van der Waals surface area contributed by atoms with Crippen LogP contribution in [-0.2, 0) is 16.4 Å². The van der Waals surface area contributed by atoms with Crippen LogP contribution in [0.2, 0.25) is 0 Å². The molecule has 1 aromatic carbocycles. The van der Waals surface area contributed by atoms with Gasteiger partial charge in [0, 0.05) is 25.3 Å². The van der Waals surface area contributed by atoms with Crippen molar-refractivity contribution in [1.82, 2.24) is 4.31 Å². The predicted molar refractivity (Wildman–Crippen MR) is 86.0 cm³/mol. The van der Waals surface area contributed by atoms with Gasteiger partial charge in [0.25, 0.3) is 0 Å². The summed E-state index contributed by atoms with van der Waals surface area (Å²) in [6.45, 7) is 2.85. The quantitative estimate of drug-likeness (QED) is 0.876. The van der Waals surface area contributed by atoms with Gasteiger partial charge in [-0.3, -0.25) is 0 Å². The molecule has 20 heavy (non-hydrogen) atoms. The van der Waals surface area contributed by atoms with Crippen molar-refractivity contribution in [3.05, 3.63) is 23.8 Å². The molecule has 0 saturated heterocycles. The maximum Gasteiger partial charge on any atom is 0.243 e. The van der Waals surface area contributed by atoms with Gasteiger partial charge in [-0.25, -0.2) is 8.42 Å². The van der Waals surface area contributed by atoms with Crippen molar-refractivity contribution in [2.75, 3.05) is 30.9 Å². The van der Waals surface area contributed by atoms with Crippen molar-refractivity contribution < 1.29 is 8.42 Å². The molecule has 0 bridgehead atoms. The molecular formula is C14H22N2O2S2. The van der Waals surface area contributed by atoms with Gasteiger partial charge < -0.3 is 5.32 Å². The minimum atomic E-state index is -3.39. The fourth-order valence-electron chi connectivity index (χ4n) is 2.32. The van der Waals surface area contributed by atoms with E-state index in [1.807, 2.05) is 25.3 Å². The molecule has 112 valence electrons. The van der Waals surface area contributed by atoms with Crippen LogP contribution in [0.3, 0.4) is 0 Å². The molecule has 0 saturated carbocycles. The Kier molecular flexibility index (Phi) is 4.99. The van der Waals surface area contributed by atoms with Gasteiger partial charge in [0.2, 0.25) is 10.0 Å². The van der Waals surface area contributed by atoms with E-state index < -0.39 is 10.0 Å². The van der Waals surface area contributed by atoms with Crippen LogP contribution in [0.15, 0.2) is 23.1 Å². The summed E-state index contributed by atoms with van der Waals surface area (Å²) in [5, 5.41) is 3.25. The Labute approximate surface area is 126 Å². The normalized spacial score (nSPS) is 16.0. The Morgan fingerprint density at radius 2 is 2.20 bits per heavy atom. The van der Waals surface area contributed by atoms with Crippen LogP contribution < -0.4 is 5.32 Å². The zero-order valence-corrected chi connectivity index (χ0v) is 13.9. The van der Waals surface area contributed by atoms with Gasteiger partial charge in [0.15, 0.2) is 0 Å². The van der Waals surface area contributed by atoms with Crippen LogP contribution in [0.5, 0.6) is 0 Å². The smallest absolute Gasteiger partial charge is 0.243 e. The van der Waals surface area contributed by atoms with Gasteiger partial charge in [-0.15, -0.1) is 0 Å². The molecule has 0 radical (unpaired) electrons. The molecule has 0 aliphatic carbocycles. The largest absolute Gasteiger partial charge is 0.384 e. The van der Waals surface area contributed by atoms with Crippen molar-refractivity contribution in [3.63, 3.8) is 0 Å². The molecule has 6 heteroatoms. The Morgan fingerprint density at radius 3 is 2.90 bits per heavy atom. The van der Waals surface area contributed by atoms with E-state index >= 15 is 0 Å². The number of hydrogen-bond donors (Lipinski definition) is 1. The number of nitrogens with one attached hydrogen (secondary N) is 1. The summed E-state index contributed by atoms with van der Waals surface area (Å²) in [6, 6.07) is 5.39. The summed E-state index contributed by atoms with van der Waals surface area (Å²) in [5.41, 5.74) is 2.15. The van der Waals surface area contributed by atoms with Crippen molar-refractivity contribution in [2.45, 2.75) is 30.7 Å². The van der Waals surface area contributed by atoms with E-state index in [0.29, 0.717) is 4.90 Å². The summed E-state index contributed by atoms with van der Waals surface area (Å²) >= 11 is 1.74. The number of sulfonamides is 1. The van der Waals surface area contributed by atoms with Crippen molar-refractivity contribution in [1.29, 1.82) is 0 Å². The van der Waals surface area contributed by atoms with Gasteiger partial charge in [-0.1, -0.05) is 0 Å². The fraction of sp³-hybridized carbons (Fsp3) is 0.571. The molecule has 1 aromatic rings. The third-order valence-electron chi connectivity index (χ3n) is 3.82. The minimum absolute atomic E-state index is 0.0128. The number of benzene rings is 1. The highest BCUT2D eigenvalue weighted by atomic mass is 32.2. The molecule has 0 spiro atoms. The average Bonchev–Trinajstić information content (AvgIpc) is 2.91. The third-order valence-corrected chi connectivity index (χ3v) is 6.44. The topological polar surface area (TPSA) is 49.4 Å². The van der Waals surface area contributed by atoms with Crippen molar-refractivity contribution in [3.8, 4) is 0 Å². The molecule has 1 aliphatic heterocycles. The summed E-state index contributed by atoms with van der Waals surface area (Å²) in [7, 11) is -1.72. The van der Waals surface area contributed by atoms with Crippen LogP contribution in [0.4, 0.5) is 5.69 Å². The molecule has 1 heterocycles. The molecule has 0 aromatic heterocycles. The van der Waals surface area contributed by atoms with E-state index in [2.05, 4.69) is 5.32 Å². The minimum Gasteiger partial charge on any atom is -0.384 e. The maximum atomic E-state index is 12.6. The van der Waals surface area contributed by atoms with E-state index in [1.54, 1.807) is 24.9 Å². The summed E-state index contributed by atoms with van der Waals surface area (Å²) in [6.07, 6.45) is 3.79. The Morgan fingerprint density at radius 1 is 1.45 bits per heavy atom. The highest BCUT2D eigenvalue weighted by Crippen LogP contribution is 2.27. The van der Waals surface area contributed by atoms with Crippen LogP contribution >= 0.6 is 11.8 Å². The monoisotopic (exact) mass is 314 g/mol. The molecular weight excluding hydrogens is 292 g/mol. The predicted octanol–water partition coefficient (Wildman–Crippen LogP) is 2.42. The second kappa shape index (κ2) is 6.37. The lowest BCUT2D eigenvalue weighted by Crippen LogP contribution is -2.35. The van der Waals surface area contributed by atoms with E-state index in [0.717, 1.165) is 36.4 Å². The van der Waals surface area contributed by atoms with Crippen LogP contribution in [0.25, 0.3) is 0 Å². The van der Waals surface area contributed by atoms with Crippen molar-refractivity contribution in [2.24, 2.45) is 0 Å². The fourth-order valence-corrected chi connectivity index (χ4v) is 4.33. The van der Waals surface area contributed by atoms with Gasteiger partial charge in [0.1, 0.15) is 0 Å². The molecule has 1 N–H and O–H groups in total. The second-order valence-electron chi connectivity index (χ2n) is 5.15. The number of thioether (sulfide) groups is 1. The first-order valence-electron chi connectivity index (χ1n) is 6.80. The summed E-state index contributed by atoms with van der Waals surface area (Å²) in [5.74, 6) is 0.967. The second-order valence-corrected chi connectivity index (χ2v) is 8.13. The van der Waals surface area contributed by atoms with Gasteiger partial charge >= 0.3 is 0 Å². The first kappa shape index (κ1) is 15.7. The number of hydrogen-bond acceptors (Lipinski definition) is 4. The van der Waals surface area contributed by atoms with E-state index in [9.17, 15) is 8.42 Å². The maximum absolute atomic E-state index is 12.6. The first-order valence-corrected chi connectivity index (χ1v) is 9.64. The molecule has 4 nitrogen and oxygen atoms in total. The third kappa shape index (κ3) is 3.13. The van der Waals surface area contributed by atoms with Gasteiger partial charge in [-0.05, 0) is 55.5 Å². The highest BCUT2D eigenvalue weighted by Gasteiger charge is 2.26. The first-order chi connectivity index (χ1) is 9.46. The molecule has 0 amide bonds. The number of anilines is 1. The van der Waals surface area contributed by atoms with Crippen LogP contribution in [0.1, 0.15) is 18.9 Å². The standard InChI is InChI=1S/C14H22N2O2S2/c1-11(7-9-19-3)16(2)20(17,18)13-4-5-14-12(10-13)6-8-15-14/h4-5,10-11,15H,6-9H2,1-3H3. The lowest BCUT2D eigenvalue weighted by atomic mass is 10.2. The van der Waals surface area contributed by atoms with Crippen LogP contribution in [0, 0.1) is 0 Å². The zero-order valence-electron chi connectivity index (χ0n) is 12.2. The number of fused-ring (bicyclic) bond motifs is 1. The van der Waals surface area contributed by atoms with Gasteiger partial charge in [-0.2, -0.15) is 16.1 Å². The lowest BCUT2D eigenvalue weighted by molar-refractivity contribution is 0.382. The zero-order chi connectivity index (χ0) is 14.8. The molecule has 2 rings (SSSR count). The Bertz CT molecular complexity index is 573. The van der Waals surface area contributed by atoms with Gasteiger partial charge in [0.05, 0.1) is 4.90 Å². The van der Waals surface area contributed by atoms with Crippen LogP contribution in [-0.4, -0.2) is 44.4 Å².